The first-order valence-corrected chi connectivity index (χ1v) is 10.1. The second-order valence-corrected chi connectivity index (χ2v) is 8.10. The van der Waals surface area contributed by atoms with E-state index in [1.54, 1.807) is 6.07 Å². The molecule has 1 aromatic heterocycles. The largest absolute Gasteiger partial charge is 0.451 e. The van der Waals surface area contributed by atoms with E-state index < -0.39 is 0 Å². The molecule has 1 fully saturated rings. The minimum atomic E-state index is -0.296. The molecule has 146 valence electrons. The number of benzene rings is 2. The summed E-state index contributed by atoms with van der Waals surface area (Å²) in [6.07, 6.45) is 1.54. The lowest BCUT2D eigenvalue weighted by Gasteiger charge is -2.38. The molecular weight excluding hydrogens is 397 g/mol. The first-order valence-electron chi connectivity index (χ1n) is 9.30. The van der Waals surface area contributed by atoms with Gasteiger partial charge in [-0.15, -0.1) is 0 Å². The third-order valence-corrected chi connectivity index (χ3v) is 6.14. The molecule has 4 nitrogen and oxygen atoms in total. The van der Waals surface area contributed by atoms with E-state index in [1.165, 1.54) is 0 Å². The number of hydrogen-bond acceptors (Lipinski definition) is 3. The normalized spacial score (nSPS) is 16.2. The van der Waals surface area contributed by atoms with Gasteiger partial charge in [-0.05, 0) is 43.5 Å². The summed E-state index contributed by atoms with van der Waals surface area (Å²) in [4.78, 5) is 12.9. The maximum Gasteiger partial charge on any atom is 0.287 e. The predicted molar refractivity (Wildman–Crippen MR) is 111 cm³/mol. The van der Waals surface area contributed by atoms with Crippen molar-refractivity contribution in [3.05, 3.63) is 69.4 Å². The van der Waals surface area contributed by atoms with Gasteiger partial charge in [0.05, 0.1) is 0 Å². The molecule has 1 N–H and O–H groups in total. The first kappa shape index (κ1) is 19.3. The summed E-state index contributed by atoms with van der Waals surface area (Å²) < 4.78 is 11.4. The number of nitrogens with one attached hydrogen (secondary N) is 1. The molecule has 0 atom stereocenters. The topological polar surface area (TPSA) is 51.5 Å². The van der Waals surface area contributed by atoms with E-state index in [0.29, 0.717) is 41.1 Å². The minimum absolute atomic E-state index is 0.218. The van der Waals surface area contributed by atoms with Gasteiger partial charge in [-0.2, -0.15) is 0 Å². The number of fused-ring (bicyclic) bond motifs is 1. The van der Waals surface area contributed by atoms with E-state index in [1.807, 2.05) is 43.3 Å². The Hall–Kier alpha value is -2.01. The predicted octanol–water partition coefficient (Wildman–Crippen LogP) is 5.53. The molecule has 0 radical (unpaired) electrons. The number of aryl methyl sites for hydroxylation is 1. The Bertz CT molecular complexity index is 1020. The zero-order valence-corrected chi connectivity index (χ0v) is 17.1. The van der Waals surface area contributed by atoms with Crippen molar-refractivity contribution in [2.75, 3.05) is 19.8 Å². The highest BCUT2D eigenvalue weighted by atomic mass is 35.5. The fourth-order valence-corrected chi connectivity index (χ4v) is 4.55. The molecular formula is C22H21Cl2NO3. The highest BCUT2D eigenvalue weighted by Crippen LogP contribution is 2.39. The summed E-state index contributed by atoms with van der Waals surface area (Å²) in [5.41, 5.74) is 2.25. The van der Waals surface area contributed by atoms with Crippen molar-refractivity contribution in [3.8, 4) is 0 Å². The second-order valence-electron chi connectivity index (χ2n) is 7.25. The van der Waals surface area contributed by atoms with Crippen molar-refractivity contribution in [2.24, 2.45) is 0 Å². The number of para-hydroxylation sites is 1. The van der Waals surface area contributed by atoms with Crippen LogP contribution in [0.3, 0.4) is 0 Å². The van der Waals surface area contributed by atoms with Crippen LogP contribution < -0.4 is 5.32 Å². The molecule has 1 saturated heterocycles. The highest BCUT2D eigenvalue weighted by Gasteiger charge is 2.37. The van der Waals surface area contributed by atoms with Crippen molar-refractivity contribution in [3.63, 3.8) is 0 Å². The van der Waals surface area contributed by atoms with Crippen molar-refractivity contribution in [1.29, 1.82) is 0 Å². The van der Waals surface area contributed by atoms with Crippen molar-refractivity contribution < 1.29 is 13.9 Å². The number of halogens is 2. The second kappa shape index (κ2) is 7.78. The van der Waals surface area contributed by atoms with Gasteiger partial charge >= 0.3 is 0 Å². The molecule has 0 spiro atoms. The van der Waals surface area contributed by atoms with Gasteiger partial charge in [0, 0.05) is 46.2 Å². The van der Waals surface area contributed by atoms with Gasteiger partial charge in [0.1, 0.15) is 5.58 Å². The Morgan fingerprint density at radius 1 is 1.14 bits per heavy atom. The standard InChI is InChI=1S/C22H21Cl2NO3/c1-14-16-4-2-3-5-19(16)28-20(14)21(26)25-13-22(8-10-27-11-9-22)17-7-6-15(23)12-18(17)24/h2-7,12H,8-11,13H2,1H3,(H,25,26). The fourth-order valence-electron chi connectivity index (χ4n) is 3.94. The molecule has 0 aliphatic carbocycles. The van der Waals surface area contributed by atoms with Crippen LogP contribution in [0.1, 0.15) is 34.5 Å². The number of carbonyl (C=O) groups excluding carboxylic acids is 1. The summed E-state index contributed by atoms with van der Waals surface area (Å²) in [5, 5.41) is 5.23. The van der Waals surface area contributed by atoms with Crippen LogP contribution >= 0.6 is 23.2 Å². The van der Waals surface area contributed by atoms with Crippen molar-refractivity contribution in [2.45, 2.75) is 25.2 Å². The summed E-state index contributed by atoms with van der Waals surface area (Å²) >= 11 is 12.6. The molecule has 28 heavy (non-hydrogen) atoms. The van der Waals surface area contributed by atoms with Crippen molar-refractivity contribution >= 4 is 40.1 Å². The highest BCUT2D eigenvalue weighted by molar-refractivity contribution is 6.35. The summed E-state index contributed by atoms with van der Waals surface area (Å²) in [6, 6.07) is 13.2. The van der Waals surface area contributed by atoms with Crippen molar-refractivity contribution in [1.82, 2.24) is 5.32 Å². The maximum atomic E-state index is 12.9. The molecule has 2 heterocycles. The Labute approximate surface area is 173 Å². The quantitative estimate of drug-likeness (QED) is 0.607. The van der Waals surface area contributed by atoms with E-state index in [0.717, 1.165) is 29.4 Å². The molecule has 0 unspecified atom stereocenters. The van der Waals surface area contributed by atoms with Crippen LogP contribution in [-0.2, 0) is 10.2 Å². The van der Waals surface area contributed by atoms with Gasteiger partial charge in [-0.3, -0.25) is 4.79 Å². The Morgan fingerprint density at radius 3 is 2.61 bits per heavy atom. The third kappa shape index (κ3) is 3.52. The van der Waals surface area contributed by atoms with Gasteiger partial charge < -0.3 is 14.5 Å². The molecule has 1 amide bonds. The lowest BCUT2D eigenvalue weighted by atomic mass is 9.74. The summed E-state index contributed by atoms with van der Waals surface area (Å²) in [5.74, 6) is 0.135. The van der Waals surface area contributed by atoms with E-state index >= 15 is 0 Å². The van der Waals surface area contributed by atoms with Crippen LogP contribution in [0.15, 0.2) is 46.9 Å². The van der Waals surface area contributed by atoms with Gasteiger partial charge in [0.2, 0.25) is 0 Å². The number of furan rings is 1. The van der Waals surface area contributed by atoms with E-state index in [-0.39, 0.29) is 11.3 Å². The molecule has 4 rings (SSSR count). The average Bonchev–Trinajstić information content (AvgIpc) is 3.04. The van der Waals surface area contributed by atoms with Gasteiger partial charge in [0.15, 0.2) is 5.76 Å². The Balaban J connectivity index is 1.61. The molecule has 1 aliphatic heterocycles. The molecule has 2 aromatic carbocycles. The smallest absolute Gasteiger partial charge is 0.287 e. The molecule has 6 heteroatoms. The zero-order valence-electron chi connectivity index (χ0n) is 15.6. The first-order chi connectivity index (χ1) is 13.5. The third-order valence-electron chi connectivity index (χ3n) is 5.59. The molecule has 3 aromatic rings. The van der Waals surface area contributed by atoms with E-state index in [2.05, 4.69) is 5.32 Å². The van der Waals surface area contributed by atoms with Crippen LogP contribution in [-0.4, -0.2) is 25.7 Å². The number of hydrogen-bond donors (Lipinski definition) is 1. The average molecular weight is 418 g/mol. The van der Waals surface area contributed by atoms with Gasteiger partial charge in [0.25, 0.3) is 5.91 Å². The van der Waals surface area contributed by atoms with Crippen LogP contribution in [0.2, 0.25) is 10.0 Å². The van der Waals surface area contributed by atoms with E-state index in [9.17, 15) is 4.79 Å². The lowest BCUT2D eigenvalue weighted by molar-refractivity contribution is 0.0485. The van der Waals surface area contributed by atoms with Crippen LogP contribution in [0, 0.1) is 6.92 Å². The number of amides is 1. The maximum absolute atomic E-state index is 12.9. The number of carbonyl (C=O) groups is 1. The SMILES string of the molecule is Cc1c(C(=O)NCC2(c3ccc(Cl)cc3Cl)CCOCC2)oc2ccccc12. The number of rotatable bonds is 4. The Kier molecular flexibility index (Phi) is 5.37. The van der Waals surface area contributed by atoms with Gasteiger partial charge in [-0.1, -0.05) is 47.5 Å². The summed E-state index contributed by atoms with van der Waals surface area (Å²) in [7, 11) is 0. The van der Waals surface area contributed by atoms with Crippen LogP contribution in [0.5, 0.6) is 0 Å². The van der Waals surface area contributed by atoms with Crippen LogP contribution in [0.4, 0.5) is 0 Å². The van der Waals surface area contributed by atoms with Gasteiger partial charge in [-0.25, -0.2) is 0 Å². The molecule has 0 saturated carbocycles. The zero-order chi connectivity index (χ0) is 19.7. The molecule has 0 bridgehead atoms. The number of ether oxygens (including phenoxy) is 1. The van der Waals surface area contributed by atoms with E-state index in [4.69, 9.17) is 32.4 Å². The summed E-state index contributed by atoms with van der Waals surface area (Å²) in [6.45, 7) is 3.60. The fraction of sp³-hybridized carbons (Fsp3) is 0.318. The minimum Gasteiger partial charge on any atom is -0.451 e. The van der Waals surface area contributed by atoms with Crippen LogP contribution in [0.25, 0.3) is 11.0 Å². The lowest BCUT2D eigenvalue weighted by Crippen LogP contribution is -2.44. The monoisotopic (exact) mass is 417 g/mol. The molecule has 1 aliphatic rings. The Morgan fingerprint density at radius 2 is 1.89 bits per heavy atom.